The third-order valence-corrected chi connectivity index (χ3v) is 9.54. The quantitative estimate of drug-likeness (QED) is 0.153. The number of halogens is 2. The number of aromatic nitrogens is 2. The average molecular weight is 653 g/mol. The molecule has 1 aromatic heterocycles. The minimum atomic E-state index is -3.81. The lowest BCUT2D eigenvalue weighted by Crippen LogP contribution is -2.30. The molecule has 1 amide bonds. The summed E-state index contributed by atoms with van der Waals surface area (Å²) in [6.07, 6.45) is 0. The third-order valence-electron chi connectivity index (χ3n) is 6.47. The Balaban J connectivity index is 1.61. The lowest BCUT2D eigenvalue weighted by atomic mass is 10.0. The highest BCUT2D eigenvalue weighted by molar-refractivity contribution is 9.10. The minimum absolute atomic E-state index is 0.140. The molecule has 0 bridgehead atoms. The van der Waals surface area contributed by atoms with Crippen molar-refractivity contribution in [3.05, 3.63) is 118 Å². The molecule has 0 aliphatic heterocycles. The van der Waals surface area contributed by atoms with Gasteiger partial charge in [-0.05, 0) is 72.6 Å². The highest BCUT2D eigenvalue weighted by atomic mass is 79.9. The molecule has 0 saturated heterocycles. The van der Waals surface area contributed by atoms with Crippen LogP contribution in [0, 0.1) is 0 Å². The van der Waals surface area contributed by atoms with Gasteiger partial charge in [-0.3, -0.25) is 9.36 Å². The van der Waals surface area contributed by atoms with E-state index in [9.17, 15) is 9.36 Å². The summed E-state index contributed by atoms with van der Waals surface area (Å²) in [4.78, 5) is 13.8. The molecule has 0 aliphatic rings. The van der Waals surface area contributed by atoms with Crippen molar-refractivity contribution in [2.75, 3.05) is 13.2 Å². The van der Waals surface area contributed by atoms with E-state index in [4.69, 9.17) is 25.7 Å². The number of benzene rings is 4. The van der Waals surface area contributed by atoms with Gasteiger partial charge in [-0.2, -0.15) is 5.10 Å². The zero-order valence-electron chi connectivity index (χ0n) is 22.5. The fourth-order valence-corrected chi connectivity index (χ4v) is 6.94. The van der Waals surface area contributed by atoms with Gasteiger partial charge in [0.2, 0.25) is 0 Å². The Morgan fingerprint density at radius 3 is 2.29 bits per heavy atom. The van der Waals surface area contributed by atoms with Crippen LogP contribution in [0.3, 0.4) is 0 Å². The van der Waals surface area contributed by atoms with Crippen molar-refractivity contribution in [1.29, 1.82) is 0 Å². The van der Waals surface area contributed by atoms with E-state index >= 15 is 0 Å². The summed E-state index contributed by atoms with van der Waals surface area (Å²) in [7, 11) is -3.81. The van der Waals surface area contributed by atoms with Gasteiger partial charge in [0.1, 0.15) is 0 Å². The van der Waals surface area contributed by atoms with Gasteiger partial charge in [0.25, 0.3) is 5.91 Å². The van der Waals surface area contributed by atoms with Gasteiger partial charge in [0.05, 0.1) is 24.6 Å². The van der Waals surface area contributed by atoms with Crippen LogP contribution in [0.2, 0.25) is 5.02 Å². The highest BCUT2D eigenvalue weighted by Gasteiger charge is 2.39. The molecule has 0 aliphatic carbocycles. The van der Waals surface area contributed by atoms with Crippen molar-refractivity contribution in [3.8, 4) is 16.9 Å². The van der Waals surface area contributed by atoms with Gasteiger partial charge in [-0.25, -0.2) is 4.68 Å². The molecule has 0 spiro atoms. The first-order valence-corrected chi connectivity index (χ1v) is 15.9. The van der Waals surface area contributed by atoms with Gasteiger partial charge in [-0.15, -0.1) is 0 Å². The summed E-state index contributed by atoms with van der Waals surface area (Å²) in [6, 6.07) is 30.2. The summed E-state index contributed by atoms with van der Waals surface area (Å²) in [5.74, 6) is -1.60. The first-order chi connectivity index (χ1) is 19.8. The molecule has 0 fully saturated rings. The Hall–Kier alpha value is -3.26. The van der Waals surface area contributed by atoms with Crippen molar-refractivity contribution in [2.24, 2.45) is 0 Å². The van der Waals surface area contributed by atoms with E-state index in [1.54, 1.807) is 48.9 Å². The van der Waals surface area contributed by atoms with Crippen LogP contribution in [0.25, 0.3) is 27.7 Å². The molecule has 7 nitrogen and oxygen atoms in total. The molecular weight excluding hydrogens is 625 g/mol. The summed E-state index contributed by atoms with van der Waals surface area (Å²) in [5, 5.41) is 10.2. The predicted molar refractivity (Wildman–Crippen MR) is 167 cm³/mol. The van der Waals surface area contributed by atoms with Gasteiger partial charge in [-0.1, -0.05) is 82.1 Å². The number of nitrogens with zero attached hydrogens (tertiary/aromatic N) is 2. The molecule has 210 valence electrons. The van der Waals surface area contributed by atoms with E-state index in [1.165, 1.54) is 0 Å². The molecular formula is C31H28BrClN3O4P. The number of rotatable bonds is 10. The Morgan fingerprint density at radius 2 is 1.61 bits per heavy atom. The van der Waals surface area contributed by atoms with Crippen molar-refractivity contribution < 1.29 is 18.4 Å². The smallest absolute Gasteiger partial charge is 0.333 e. The zero-order valence-corrected chi connectivity index (χ0v) is 25.7. The van der Waals surface area contributed by atoms with Crippen LogP contribution >= 0.6 is 35.1 Å². The van der Waals surface area contributed by atoms with Crippen molar-refractivity contribution in [2.45, 2.75) is 19.6 Å². The second-order valence-corrected chi connectivity index (χ2v) is 12.6. The first kappa shape index (κ1) is 29.2. The van der Waals surface area contributed by atoms with Crippen molar-refractivity contribution in [3.63, 3.8) is 0 Å². The number of fused-ring (bicyclic) bond motifs is 1. The van der Waals surface area contributed by atoms with E-state index in [2.05, 4.69) is 21.2 Å². The monoisotopic (exact) mass is 651 g/mol. The molecule has 1 N–H and O–H groups in total. The number of carbonyl (C=O) groups is 1. The Bertz CT molecular complexity index is 1710. The van der Waals surface area contributed by atoms with Crippen LogP contribution in [0.5, 0.6) is 0 Å². The van der Waals surface area contributed by atoms with E-state index in [0.29, 0.717) is 10.6 Å². The summed E-state index contributed by atoms with van der Waals surface area (Å²) in [5.41, 5.74) is 3.11. The molecule has 1 unspecified atom stereocenters. The van der Waals surface area contributed by atoms with E-state index in [-0.39, 0.29) is 18.9 Å². The number of amides is 1. The van der Waals surface area contributed by atoms with Gasteiger partial charge in [0.15, 0.2) is 11.5 Å². The number of hydrogen-bond acceptors (Lipinski definition) is 5. The van der Waals surface area contributed by atoms with Gasteiger partial charge >= 0.3 is 7.60 Å². The summed E-state index contributed by atoms with van der Waals surface area (Å²) < 4.78 is 27.9. The zero-order chi connectivity index (χ0) is 29.0. The van der Waals surface area contributed by atoms with Crippen LogP contribution < -0.4 is 5.32 Å². The Kier molecular flexibility index (Phi) is 9.07. The van der Waals surface area contributed by atoms with E-state index < -0.39 is 19.3 Å². The van der Waals surface area contributed by atoms with Crippen LogP contribution in [0.4, 0.5) is 0 Å². The fraction of sp³-hybridized carbons (Fsp3) is 0.161. The number of hydrogen-bond donors (Lipinski definition) is 1. The minimum Gasteiger partial charge on any atom is -0.333 e. The maximum Gasteiger partial charge on any atom is 0.357 e. The van der Waals surface area contributed by atoms with Crippen LogP contribution in [0.1, 0.15) is 35.7 Å². The Morgan fingerprint density at radius 1 is 0.951 bits per heavy atom. The van der Waals surface area contributed by atoms with E-state index in [0.717, 1.165) is 32.2 Å². The lowest BCUT2D eigenvalue weighted by Gasteiger charge is -2.27. The van der Waals surface area contributed by atoms with Crippen molar-refractivity contribution >= 4 is 51.8 Å². The second-order valence-electron chi connectivity index (χ2n) is 9.13. The predicted octanol–water partition coefficient (Wildman–Crippen LogP) is 8.80. The SMILES string of the molecule is CCOP(=O)(OCC)C(NC(=O)c1cc(-c2cccc3ccccc23)n(-c2ccc(Br)cc2)n1)c1ccc(Cl)cc1. The lowest BCUT2D eigenvalue weighted by molar-refractivity contribution is 0.0932. The van der Waals surface area contributed by atoms with Crippen LogP contribution in [-0.2, 0) is 13.6 Å². The summed E-state index contributed by atoms with van der Waals surface area (Å²) in [6.45, 7) is 3.73. The molecule has 1 atom stereocenters. The average Bonchev–Trinajstić information content (AvgIpc) is 3.42. The fourth-order valence-electron chi connectivity index (χ4n) is 4.65. The molecule has 1 heterocycles. The topological polar surface area (TPSA) is 82.5 Å². The Labute approximate surface area is 252 Å². The molecule has 41 heavy (non-hydrogen) atoms. The highest BCUT2D eigenvalue weighted by Crippen LogP contribution is 2.59. The van der Waals surface area contributed by atoms with E-state index in [1.807, 2.05) is 66.7 Å². The first-order valence-electron chi connectivity index (χ1n) is 13.1. The second kappa shape index (κ2) is 12.7. The maximum absolute atomic E-state index is 13.9. The molecule has 10 heteroatoms. The molecule has 0 saturated carbocycles. The number of nitrogens with one attached hydrogen (secondary N) is 1. The normalized spacial score (nSPS) is 12.4. The molecule has 5 aromatic rings. The standard InChI is InChI=1S/C31H28BrClN3O4P/c1-3-39-41(38,40-4-2)31(22-12-16-24(33)17-13-22)34-30(37)28-20-29(36(35-28)25-18-14-23(32)15-19-25)27-11-7-9-21-8-5-6-10-26(21)27/h5-20,31H,3-4H2,1-2H3,(H,34,37). The van der Waals surface area contributed by atoms with Gasteiger partial charge in [0, 0.05) is 15.1 Å². The molecule has 5 rings (SSSR count). The largest absolute Gasteiger partial charge is 0.357 e. The summed E-state index contributed by atoms with van der Waals surface area (Å²) >= 11 is 9.60. The van der Waals surface area contributed by atoms with Crippen LogP contribution in [-0.4, -0.2) is 28.9 Å². The molecule has 0 radical (unpaired) electrons. The van der Waals surface area contributed by atoms with Crippen molar-refractivity contribution in [1.82, 2.24) is 15.1 Å². The molecule has 4 aromatic carbocycles. The van der Waals surface area contributed by atoms with Gasteiger partial charge < -0.3 is 14.4 Å². The maximum atomic E-state index is 13.9. The van der Waals surface area contributed by atoms with Crippen LogP contribution in [0.15, 0.2) is 102 Å². The third kappa shape index (κ3) is 6.32. The number of carbonyl (C=O) groups excluding carboxylic acids is 1.